The highest BCUT2D eigenvalue weighted by molar-refractivity contribution is 7.89. The van der Waals surface area contributed by atoms with Gasteiger partial charge in [-0.2, -0.15) is 4.31 Å². The smallest absolute Gasteiger partial charge is 0.309 e. The van der Waals surface area contributed by atoms with Crippen molar-refractivity contribution in [3.63, 3.8) is 0 Å². The van der Waals surface area contributed by atoms with Crippen molar-refractivity contribution in [1.29, 1.82) is 0 Å². The van der Waals surface area contributed by atoms with Gasteiger partial charge < -0.3 is 10.4 Å². The highest BCUT2D eigenvalue weighted by atomic mass is 32.2. The number of rotatable bonds is 7. The third kappa shape index (κ3) is 4.38. The van der Waals surface area contributed by atoms with Crippen molar-refractivity contribution in [3.8, 4) is 0 Å². The Hall–Kier alpha value is -1.93. The van der Waals surface area contributed by atoms with Gasteiger partial charge in [-0.25, -0.2) is 8.42 Å². The number of nitrogens with zero attached hydrogens (tertiary/aromatic N) is 1. The molecule has 0 bridgehead atoms. The minimum absolute atomic E-state index is 0.168. The SMILES string of the molecule is CC(C)(CCNC(=O)C1CCCN1S(=O)(=O)c1ccccc1)C(=O)O. The Kier molecular flexibility index (Phi) is 5.84. The minimum Gasteiger partial charge on any atom is -0.481 e. The predicted octanol–water partition coefficient (Wildman–Crippen LogP) is 1.46. The summed E-state index contributed by atoms with van der Waals surface area (Å²) in [4.78, 5) is 23.7. The Morgan fingerprint density at radius 2 is 1.92 bits per heavy atom. The van der Waals surface area contributed by atoms with Crippen LogP contribution in [0.25, 0.3) is 0 Å². The summed E-state index contributed by atoms with van der Waals surface area (Å²) in [5.74, 6) is -1.31. The van der Waals surface area contributed by atoms with Gasteiger partial charge >= 0.3 is 5.97 Å². The van der Waals surface area contributed by atoms with Crippen LogP contribution in [0.3, 0.4) is 0 Å². The van der Waals surface area contributed by atoms with Crippen molar-refractivity contribution in [2.75, 3.05) is 13.1 Å². The van der Waals surface area contributed by atoms with Crippen LogP contribution in [0, 0.1) is 5.41 Å². The van der Waals surface area contributed by atoms with E-state index in [4.69, 9.17) is 5.11 Å². The lowest BCUT2D eigenvalue weighted by molar-refractivity contribution is -0.147. The molecule has 0 saturated carbocycles. The fourth-order valence-electron chi connectivity index (χ4n) is 2.74. The van der Waals surface area contributed by atoms with Gasteiger partial charge in [-0.1, -0.05) is 18.2 Å². The zero-order valence-corrected chi connectivity index (χ0v) is 15.3. The van der Waals surface area contributed by atoms with Crippen molar-refractivity contribution in [1.82, 2.24) is 9.62 Å². The molecule has 1 saturated heterocycles. The molecule has 1 aliphatic heterocycles. The molecule has 0 aromatic heterocycles. The largest absolute Gasteiger partial charge is 0.481 e. The molecule has 1 aromatic carbocycles. The van der Waals surface area contributed by atoms with E-state index in [9.17, 15) is 18.0 Å². The maximum Gasteiger partial charge on any atom is 0.309 e. The molecule has 2 N–H and O–H groups in total. The quantitative estimate of drug-likeness (QED) is 0.758. The Morgan fingerprint density at radius 3 is 2.52 bits per heavy atom. The number of nitrogens with one attached hydrogen (secondary N) is 1. The molecule has 1 unspecified atom stereocenters. The normalized spacial score (nSPS) is 18.9. The van der Waals surface area contributed by atoms with Crippen LogP contribution in [-0.2, 0) is 19.6 Å². The third-order valence-corrected chi connectivity index (χ3v) is 6.41. The molecule has 0 radical (unpaired) electrons. The highest BCUT2D eigenvalue weighted by Crippen LogP contribution is 2.26. The van der Waals surface area contributed by atoms with Crippen LogP contribution in [0.15, 0.2) is 35.2 Å². The van der Waals surface area contributed by atoms with E-state index >= 15 is 0 Å². The van der Waals surface area contributed by atoms with E-state index in [0.717, 1.165) is 0 Å². The molecular formula is C17H24N2O5S. The van der Waals surface area contributed by atoms with E-state index in [0.29, 0.717) is 19.4 Å². The van der Waals surface area contributed by atoms with Gasteiger partial charge in [-0.15, -0.1) is 0 Å². The first kappa shape index (κ1) is 19.4. The lowest BCUT2D eigenvalue weighted by atomic mass is 9.90. The maximum absolute atomic E-state index is 12.7. The van der Waals surface area contributed by atoms with Gasteiger partial charge in [0.15, 0.2) is 0 Å². The fourth-order valence-corrected chi connectivity index (χ4v) is 4.42. The molecule has 0 aliphatic carbocycles. The number of carbonyl (C=O) groups is 2. The van der Waals surface area contributed by atoms with Gasteiger partial charge in [0, 0.05) is 13.1 Å². The average molecular weight is 368 g/mol. The van der Waals surface area contributed by atoms with Crippen LogP contribution in [0.4, 0.5) is 0 Å². The number of hydrogen-bond acceptors (Lipinski definition) is 4. The van der Waals surface area contributed by atoms with Crippen molar-refractivity contribution < 1.29 is 23.1 Å². The molecule has 1 aromatic rings. The summed E-state index contributed by atoms with van der Waals surface area (Å²) in [7, 11) is -3.72. The van der Waals surface area contributed by atoms with Gasteiger partial charge in [0.25, 0.3) is 0 Å². The van der Waals surface area contributed by atoms with Crippen LogP contribution < -0.4 is 5.32 Å². The van der Waals surface area contributed by atoms with Gasteiger partial charge in [0.05, 0.1) is 10.3 Å². The second-order valence-electron chi connectivity index (χ2n) is 6.82. The number of sulfonamides is 1. The lowest BCUT2D eigenvalue weighted by Crippen LogP contribution is -2.46. The highest BCUT2D eigenvalue weighted by Gasteiger charge is 2.39. The molecule has 1 heterocycles. The topological polar surface area (TPSA) is 104 Å². The van der Waals surface area contributed by atoms with E-state index < -0.39 is 27.4 Å². The van der Waals surface area contributed by atoms with Crippen LogP contribution in [0.5, 0.6) is 0 Å². The van der Waals surface area contributed by atoms with E-state index in [1.807, 2.05) is 0 Å². The Labute approximate surface area is 148 Å². The standard InChI is InChI=1S/C17H24N2O5S/c1-17(2,16(21)22)10-11-18-15(20)14-9-6-12-19(14)25(23,24)13-7-4-3-5-8-13/h3-5,7-8,14H,6,9-12H2,1-2H3,(H,18,20)(H,21,22). The third-order valence-electron chi connectivity index (χ3n) is 4.48. The van der Waals surface area contributed by atoms with Crippen molar-refractivity contribution in [3.05, 3.63) is 30.3 Å². The Morgan fingerprint density at radius 1 is 1.28 bits per heavy atom. The van der Waals surface area contributed by atoms with E-state index in [1.165, 1.54) is 16.4 Å². The maximum atomic E-state index is 12.7. The van der Waals surface area contributed by atoms with E-state index in [1.54, 1.807) is 32.0 Å². The number of benzene rings is 1. The first-order valence-corrected chi connectivity index (χ1v) is 9.68. The summed E-state index contributed by atoms with van der Waals surface area (Å²) < 4.78 is 26.7. The zero-order valence-electron chi connectivity index (χ0n) is 14.4. The summed E-state index contributed by atoms with van der Waals surface area (Å²) in [6.45, 7) is 3.66. The minimum atomic E-state index is -3.72. The monoisotopic (exact) mass is 368 g/mol. The molecule has 7 nitrogen and oxygen atoms in total. The van der Waals surface area contributed by atoms with Crippen molar-refractivity contribution >= 4 is 21.9 Å². The van der Waals surface area contributed by atoms with Crippen LogP contribution in [0.2, 0.25) is 0 Å². The van der Waals surface area contributed by atoms with Crippen molar-refractivity contribution in [2.45, 2.75) is 44.0 Å². The van der Waals surface area contributed by atoms with E-state index in [-0.39, 0.29) is 23.8 Å². The van der Waals surface area contributed by atoms with Crippen molar-refractivity contribution in [2.24, 2.45) is 5.41 Å². The van der Waals surface area contributed by atoms with Crippen LogP contribution >= 0.6 is 0 Å². The molecule has 1 fully saturated rings. The molecule has 0 spiro atoms. The fraction of sp³-hybridized carbons (Fsp3) is 0.529. The second-order valence-corrected chi connectivity index (χ2v) is 8.71. The number of carbonyl (C=O) groups excluding carboxylic acids is 1. The van der Waals surface area contributed by atoms with Gasteiger partial charge in [0.2, 0.25) is 15.9 Å². The first-order chi connectivity index (χ1) is 11.7. The summed E-state index contributed by atoms with van der Waals surface area (Å²) in [6.07, 6.45) is 1.34. The molecule has 2 rings (SSSR count). The number of amides is 1. The summed E-state index contributed by atoms with van der Waals surface area (Å²) in [6, 6.07) is 7.30. The molecule has 1 atom stereocenters. The Balaban J connectivity index is 2.04. The lowest BCUT2D eigenvalue weighted by Gasteiger charge is -2.24. The van der Waals surface area contributed by atoms with E-state index in [2.05, 4.69) is 5.32 Å². The zero-order chi connectivity index (χ0) is 18.7. The Bertz CT molecular complexity index is 731. The number of carboxylic acid groups (broad SMARTS) is 1. The summed E-state index contributed by atoms with van der Waals surface area (Å²) in [5.41, 5.74) is -0.946. The first-order valence-electron chi connectivity index (χ1n) is 8.24. The molecular weight excluding hydrogens is 344 g/mol. The van der Waals surface area contributed by atoms with Crippen LogP contribution in [0.1, 0.15) is 33.1 Å². The average Bonchev–Trinajstić information content (AvgIpc) is 3.06. The van der Waals surface area contributed by atoms with Crippen LogP contribution in [-0.4, -0.2) is 48.8 Å². The van der Waals surface area contributed by atoms with Gasteiger partial charge in [-0.05, 0) is 45.2 Å². The molecule has 8 heteroatoms. The number of hydrogen-bond donors (Lipinski definition) is 2. The van der Waals surface area contributed by atoms with Gasteiger partial charge in [0.1, 0.15) is 6.04 Å². The number of aliphatic carboxylic acids is 1. The summed E-state index contributed by atoms with van der Waals surface area (Å²) in [5, 5.41) is 11.8. The molecule has 1 amide bonds. The predicted molar refractivity (Wildman–Crippen MR) is 92.4 cm³/mol. The molecule has 25 heavy (non-hydrogen) atoms. The molecule has 1 aliphatic rings. The number of carboxylic acids is 1. The second kappa shape index (κ2) is 7.53. The molecule has 138 valence electrons. The summed E-state index contributed by atoms with van der Waals surface area (Å²) >= 11 is 0. The van der Waals surface area contributed by atoms with Gasteiger partial charge in [-0.3, -0.25) is 9.59 Å².